The topological polar surface area (TPSA) is 74.6 Å². The number of nitriles is 1. The summed E-state index contributed by atoms with van der Waals surface area (Å²) >= 11 is 12.7. The molecule has 0 unspecified atom stereocenters. The molecule has 0 saturated heterocycles. The van der Waals surface area contributed by atoms with Crippen molar-refractivity contribution in [2.75, 3.05) is 5.01 Å². The van der Waals surface area contributed by atoms with Crippen LogP contribution < -0.4 is 10.7 Å². The number of anilines is 1. The number of nitrogens with two attached hydrogens (primary N) is 1. The zero-order chi connectivity index (χ0) is 19.1. The van der Waals surface area contributed by atoms with E-state index < -0.39 is 12.1 Å². The predicted molar refractivity (Wildman–Crippen MR) is 106 cm³/mol. The van der Waals surface area contributed by atoms with Gasteiger partial charge >= 0.3 is 0 Å². The smallest absolute Gasteiger partial charge is 0.202 e. The highest BCUT2D eigenvalue weighted by atomic mass is 35.5. The number of rotatable bonds is 2. The van der Waals surface area contributed by atoms with E-state index in [1.165, 1.54) is 0 Å². The van der Waals surface area contributed by atoms with E-state index in [-0.39, 0.29) is 11.8 Å². The summed E-state index contributed by atoms with van der Waals surface area (Å²) in [4.78, 5) is 0. The van der Waals surface area contributed by atoms with Crippen LogP contribution >= 0.6 is 23.2 Å². The van der Waals surface area contributed by atoms with E-state index in [4.69, 9.17) is 38.8 Å². The Morgan fingerprint density at radius 1 is 1.15 bits per heavy atom. The molecule has 4 rings (SSSR count). The Hall–Kier alpha value is -2.68. The molecule has 2 aromatic rings. The number of allylic oxidation sites excluding steroid dienone is 1. The zero-order valence-electron chi connectivity index (χ0n) is 14.4. The van der Waals surface area contributed by atoms with Gasteiger partial charge in [0.1, 0.15) is 6.07 Å². The SMILES string of the molecule is CC1=NN(c2ccccc2)[C@@H]2OC(N)=C(C#N)[C@H](c3cccc(Cl)c3Cl)[C@H]12. The molecule has 3 atom stereocenters. The van der Waals surface area contributed by atoms with E-state index in [0.717, 1.165) is 17.0 Å². The van der Waals surface area contributed by atoms with Crippen molar-refractivity contribution in [3.05, 3.63) is 75.6 Å². The van der Waals surface area contributed by atoms with Crippen molar-refractivity contribution in [3.8, 4) is 6.07 Å². The first-order valence-electron chi connectivity index (χ1n) is 8.42. The van der Waals surface area contributed by atoms with Crippen molar-refractivity contribution < 1.29 is 4.74 Å². The van der Waals surface area contributed by atoms with Crippen molar-refractivity contribution in [1.82, 2.24) is 0 Å². The second kappa shape index (κ2) is 6.80. The van der Waals surface area contributed by atoms with E-state index in [9.17, 15) is 5.26 Å². The van der Waals surface area contributed by atoms with Gasteiger partial charge in [0, 0.05) is 11.6 Å². The molecule has 136 valence electrons. The largest absolute Gasteiger partial charge is 0.452 e. The number of halogens is 2. The molecule has 0 aliphatic carbocycles. The Morgan fingerprint density at radius 3 is 2.59 bits per heavy atom. The molecule has 0 bridgehead atoms. The molecule has 2 aliphatic rings. The van der Waals surface area contributed by atoms with Gasteiger partial charge < -0.3 is 10.5 Å². The van der Waals surface area contributed by atoms with Gasteiger partial charge in [-0.1, -0.05) is 53.5 Å². The standard InChI is InChI=1S/C20H16Cl2N4O/c1-11-16-17(13-8-5-9-15(21)18(13)22)14(10-23)19(24)27-20(16)26(25-11)12-6-3-2-4-7-12/h2-9,16-17,20H,24H2,1H3/t16-,17-,20+/m0/s1. The highest BCUT2D eigenvalue weighted by Crippen LogP contribution is 2.48. The summed E-state index contributed by atoms with van der Waals surface area (Å²) in [6, 6.07) is 17.3. The van der Waals surface area contributed by atoms with E-state index in [1.807, 2.05) is 49.4 Å². The van der Waals surface area contributed by atoms with Crippen LogP contribution in [0.15, 0.2) is 65.1 Å². The molecule has 7 heteroatoms. The predicted octanol–water partition coefficient (Wildman–Crippen LogP) is 4.64. The number of hydrogen-bond donors (Lipinski definition) is 1. The van der Waals surface area contributed by atoms with E-state index >= 15 is 0 Å². The summed E-state index contributed by atoms with van der Waals surface area (Å²) < 4.78 is 5.94. The van der Waals surface area contributed by atoms with Gasteiger partial charge in [0.25, 0.3) is 0 Å². The monoisotopic (exact) mass is 398 g/mol. The molecule has 0 saturated carbocycles. The fourth-order valence-corrected chi connectivity index (χ4v) is 4.15. The van der Waals surface area contributed by atoms with Crippen molar-refractivity contribution in [3.63, 3.8) is 0 Å². The first-order valence-corrected chi connectivity index (χ1v) is 9.18. The molecule has 2 N–H and O–H groups in total. The second-order valence-electron chi connectivity index (χ2n) is 6.47. The summed E-state index contributed by atoms with van der Waals surface area (Å²) in [5, 5.41) is 17.1. The molecule has 0 spiro atoms. The number of nitrogens with zero attached hydrogens (tertiary/aromatic N) is 3. The summed E-state index contributed by atoms with van der Waals surface area (Å²) in [5.74, 6) is -0.522. The molecule has 0 radical (unpaired) electrons. The third kappa shape index (κ3) is 2.82. The number of hydrazone groups is 1. The van der Waals surface area contributed by atoms with Crippen LogP contribution in [0.4, 0.5) is 5.69 Å². The number of para-hydroxylation sites is 1. The van der Waals surface area contributed by atoms with Crippen molar-refractivity contribution in [2.45, 2.75) is 19.1 Å². The Labute approximate surface area is 167 Å². The van der Waals surface area contributed by atoms with E-state index in [2.05, 4.69) is 6.07 Å². The maximum Gasteiger partial charge on any atom is 0.202 e. The lowest BCUT2D eigenvalue weighted by atomic mass is 9.76. The highest BCUT2D eigenvalue weighted by Gasteiger charge is 2.49. The minimum absolute atomic E-state index is 0.0885. The van der Waals surface area contributed by atoms with Crippen LogP contribution in [-0.4, -0.2) is 11.9 Å². The average Bonchev–Trinajstić information content (AvgIpc) is 3.00. The van der Waals surface area contributed by atoms with Gasteiger partial charge in [-0.25, -0.2) is 5.01 Å². The number of fused-ring (bicyclic) bond motifs is 1. The minimum atomic E-state index is -0.468. The number of hydrogen-bond acceptors (Lipinski definition) is 5. The van der Waals surface area contributed by atoms with Gasteiger partial charge in [-0.3, -0.25) is 0 Å². The fourth-order valence-electron chi connectivity index (χ4n) is 3.73. The third-order valence-electron chi connectivity index (χ3n) is 4.94. The second-order valence-corrected chi connectivity index (χ2v) is 7.25. The third-order valence-corrected chi connectivity index (χ3v) is 5.77. The maximum absolute atomic E-state index is 9.75. The van der Waals surface area contributed by atoms with E-state index in [1.54, 1.807) is 11.1 Å². The Kier molecular flexibility index (Phi) is 4.47. The van der Waals surface area contributed by atoms with Gasteiger partial charge in [0.05, 0.1) is 27.2 Å². The molecule has 5 nitrogen and oxygen atoms in total. The molecular weight excluding hydrogens is 383 g/mol. The number of benzene rings is 2. The first-order chi connectivity index (χ1) is 13.0. The zero-order valence-corrected chi connectivity index (χ0v) is 15.9. The normalized spacial score (nSPS) is 24.1. The molecular formula is C20H16Cl2N4O. The lowest BCUT2D eigenvalue weighted by molar-refractivity contribution is 0.0662. The number of ether oxygens (including phenoxy) is 1. The van der Waals surface area contributed by atoms with Crippen LogP contribution in [0.25, 0.3) is 0 Å². The van der Waals surface area contributed by atoms with Crippen molar-refractivity contribution >= 4 is 34.6 Å². The van der Waals surface area contributed by atoms with Crippen LogP contribution in [0, 0.1) is 17.2 Å². The Morgan fingerprint density at radius 2 is 1.89 bits per heavy atom. The molecule has 2 aliphatic heterocycles. The molecule has 2 aromatic carbocycles. The molecule has 2 heterocycles. The van der Waals surface area contributed by atoms with Gasteiger partial charge in [0.15, 0.2) is 0 Å². The maximum atomic E-state index is 9.75. The first kappa shape index (κ1) is 17.7. The van der Waals surface area contributed by atoms with Gasteiger partial charge in [-0.2, -0.15) is 10.4 Å². The highest BCUT2D eigenvalue weighted by molar-refractivity contribution is 6.42. The van der Waals surface area contributed by atoms with Crippen molar-refractivity contribution in [1.29, 1.82) is 5.26 Å². The average molecular weight is 399 g/mol. The Bertz CT molecular complexity index is 997. The summed E-state index contributed by atoms with van der Waals surface area (Å²) in [5.41, 5.74) is 8.93. The van der Waals surface area contributed by atoms with Gasteiger partial charge in [-0.05, 0) is 30.7 Å². The van der Waals surface area contributed by atoms with Gasteiger partial charge in [-0.15, -0.1) is 0 Å². The van der Waals surface area contributed by atoms with Crippen LogP contribution in [0.3, 0.4) is 0 Å². The fraction of sp³-hybridized carbons (Fsp3) is 0.200. The minimum Gasteiger partial charge on any atom is -0.452 e. The quantitative estimate of drug-likeness (QED) is 0.799. The molecule has 27 heavy (non-hydrogen) atoms. The van der Waals surface area contributed by atoms with Crippen LogP contribution in [0.1, 0.15) is 18.4 Å². The molecule has 0 fully saturated rings. The summed E-state index contributed by atoms with van der Waals surface area (Å²) in [6.45, 7) is 1.92. The lowest BCUT2D eigenvalue weighted by Gasteiger charge is -2.37. The van der Waals surface area contributed by atoms with Crippen LogP contribution in [0.5, 0.6) is 0 Å². The summed E-state index contributed by atoms with van der Waals surface area (Å²) in [6.07, 6.45) is -0.468. The van der Waals surface area contributed by atoms with Crippen molar-refractivity contribution in [2.24, 2.45) is 16.8 Å². The lowest BCUT2D eigenvalue weighted by Crippen LogP contribution is -2.44. The molecule has 0 amide bonds. The molecule has 0 aromatic heterocycles. The van der Waals surface area contributed by atoms with Crippen LogP contribution in [0.2, 0.25) is 10.0 Å². The summed E-state index contributed by atoms with van der Waals surface area (Å²) in [7, 11) is 0. The Balaban J connectivity index is 1.86. The van der Waals surface area contributed by atoms with Crippen LogP contribution in [-0.2, 0) is 4.74 Å². The van der Waals surface area contributed by atoms with E-state index in [0.29, 0.717) is 15.6 Å². The van der Waals surface area contributed by atoms with Gasteiger partial charge in [0.2, 0.25) is 12.1 Å².